The van der Waals surface area contributed by atoms with Crippen LogP contribution in [0.3, 0.4) is 0 Å². The van der Waals surface area contributed by atoms with Gasteiger partial charge in [0.05, 0.1) is 36.7 Å². The van der Waals surface area contributed by atoms with Gasteiger partial charge >= 0.3 is 0 Å². The van der Waals surface area contributed by atoms with Crippen LogP contribution < -0.4 is 14.9 Å². The number of hydrogen-bond acceptors (Lipinski definition) is 6. The van der Waals surface area contributed by atoms with E-state index in [0.717, 1.165) is 29.4 Å². The van der Waals surface area contributed by atoms with E-state index in [-0.39, 0.29) is 11.7 Å². The van der Waals surface area contributed by atoms with Crippen LogP contribution in [0.2, 0.25) is 0 Å². The monoisotopic (exact) mass is 440 g/mol. The topological polar surface area (TPSA) is 88.6 Å². The SMILES string of the molecule is CCCCCCOc1ccc(/C=N/NC(=O)CSc2nc3ccccc3[nH]2)cc1OC. The zero-order valence-electron chi connectivity index (χ0n) is 17.9. The van der Waals surface area contributed by atoms with E-state index in [4.69, 9.17) is 9.47 Å². The van der Waals surface area contributed by atoms with Gasteiger partial charge in [-0.15, -0.1) is 0 Å². The molecule has 0 aliphatic carbocycles. The summed E-state index contributed by atoms with van der Waals surface area (Å²) in [7, 11) is 1.61. The van der Waals surface area contributed by atoms with E-state index in [1.54, 1.807) is 13.3 Å². The molecule has 1 aromatic heterocycles. The Labute approximate surface area is 186 Å². The van der Waals surface area contributed by atoms with E-state index in [0.29, 0.717) is 23.3 Å². The van der Waals surface area contributed by atoms with Gasteiger partial charge in [-0.1, -0.05) is 50.1 Å². The molecule has 2 N–H and O–H groups in total. The number of benzene rings is 2. The fourth-order valence-corrected chi connectivity index (χ4v) is 3.61. The molecule has 3 rings (SSSR count). The number of nitrogens with zero attached hydrogens (tertiary/aromatic N) is 2. The molecular formula is C23H28N4O3S. The molecule has 164 valence electrons. The molecule has 0 aliphatic heterocycles. The standard InChI is InChI=1S/C23H28N4O3S/c1-3-4-5-8-13-30-20-12-11-17(14-21(20)29-2)15-24-27-22(28)16-31-23-25-18-9-6-7-10-19(18)26-23/h6-7,9-12,14-15H,3-5,8,13,16H2,1-2H3,(H,25,26)(H,27,28)/b24-15+. The van der Waals surface area contributed by atoms with E-state index in [1.165, 1.54) is 24.6 Å². The molecule has 0 spiro atoms. The number of ether oxygens (including phenoxy) is 2. The Morgan fingerprint density at radius 2 is 2.06 bits per heavy atom. The number of fused-ring (bicyclic) bond motifs is 1. The number of nitrogens with one attached hydrogen (secondary N) is 2. The lowest BCUT2D eigenvalue weighted by atomic mass is 10.2. The smallest absolute Gasteiger partial charge is 0.250 e. The van der Waals surface area contributed by atoms with Gasteiger partial charge in [0, 0.05) is 0 Å². The van der Waals surface area contributed by atoms with Gasteiger partial charge in [-0.25, -0.2) is 10.4 Å². The second-order valence-electron chi connectivity index (χ2n) is 6.96. The zero-order chi connectivity index (χ0) is 21.9. The number of carbonyl (C=O) groups is 1. The van der Waals surface area contributed by atoms with E-state index < -0.39 is 0 Å². The average Bonchev–Trinajstić information content (AvgIpc) is 3.21. The molecule has 0 atom stereocenters. The van der Waals surface area contributed by atoms with Crippen LogP contribution in [-0.4, -0.2) is 41.6 Å². The lowest BCUT2D eigenvalue weighted by Crippen LogP contribution is -2.19. The Balaban J connectivity index is 1.46. The Hall–Kier alpha value is -3.00. The molecule has 7 nitrogen and oxygen atoms in total. The minimum atomic E-state index is -0.208. The van der Waals surface area contributed by atoms with Gasteiger partial charge in [-0.3, -0.25) is 4.79 Å². The first-order chi connectivity index (χ1) is 15.2. The van der Waals surface area contributed by atoms with E-state index in [1.807, 2.05) is 42.5 Å². The van der Waals surface area contributed by atoms with Gasteiger partial charge in [-0.05, 0) is 42.3 Å². The lowest BCUT2D eigenvalue weighted by Gasteiger charge is -2.11. The maximum Gasteiger partial charge on any atom is 0.250 e. The van der Waals surface area contributed by atoms with Gasteiger partial charge in [0.2, 0.25) is 0 Å². The predicted octanol–water partition coefficient (Wildman–Crippen LogP) is 4.77. The Bertz CT molecular complexity index is 986. The van der Waals surface area contributed by atoms with E-state index in [2.05, 4.69) is 27.4 Å². The summed E-state index contributed by atoms with van der Waals surface area (Å²) >= 11 is 1.33. The predicted molar refractivity (Wildman–Crippen MR) is 125 cm³/mol. The van der Waals surface area contributed by atoms with Crippen molar-refractivity contribution in [3.63, 3.8) is 0 Å². The highest BCUT2D eigenvalue weighted by Gasteiger charge is 2.07. The van der Waals surface area contributed by atoms with Crippen molar-refractivity contribution in [3.05, 3.63) is 48.0 Å². The molecule has 0 saturated carbocycles. The van der Waals surface area contributed by atoms with Crippen LogP contribution in [0.1, 0.15) is 38.2 Å². The number of para-hydroxylation sites is 2. The second kappa shape index (κ2) is 12.0. The summed E-state index contributed by atoms with van der Waals surface area (Å²) in [5, 5.41) is 4.74. The number of aromatic amines is 1. The van der Waals surface area contributed by atoms with Crippen molar-refractivity contribution in [3.8, 4) is 11.5 Å². The third-order valence-electron chi connectivity index (χ3n) is 4.55. The highest BCUT2D eigenvalue weighted by Crippen LogP contribution is 2.27. The number of methoxy groups -OCH3 is 1. The molecule has 1 heterocycles. The van der Waals surface area contributed by atoms with Gasteiger partial charge in [0.25, 0.3) is 5.91 Å². The molecule has 8 heteroatoms. The molecule has 1 amide bonds. The zero-order valence-corrected chi connectivity index (χ0v) is 18.7. The first-order valence-electron chi connectivity index (χ1n) is 10.4. The maximum atomic E-state index is 12.1. The molecule has 0 saturated heterocycles. The molecule has 0 bridgehead atoms. The first-order valence-corrected chi connectivity index (χ1v) is 11.4. The minimum Gasteiger partial charge on any atom is -0.493 e. The van der Waals surface area contributed by atoms with Crippen LogP contribution in [-0.2, 0) is 4.79 Å². The summed E-state index contributed by atoms with van der Waals surface area (Å²) in [5.41, 5.74) is 5.17. The van der Waals surface area contributed by atoms with Gasteiger partial charge in [-0.2, -0.15) is 5.10 Å². The van der Waals surface area contributed by atoms with Crippen LogP contribution in [0.15, 0.2) is 52.7 Å². The van der Waals surface area contributed by atoms with Crippen LogP contribution in [0.4, 0.5) is 0 Å². The number of H-pyrrole nitrogens is 1. The van der Waals surface area contributed by atoms with Crippen molar-refractivity contribution in [1.29, 1.82) is 0 Å². The van der Waals surface area contributed by atoms with Crippen molar-refractivity contribution in [1.82, 2.24) is 15.4 Å². The minimum absolute atomic E-state index is 0.208. The summed E-state index contributed by atoms with van der Waals surface area (Å²) in [6.07, 6.45) is 6.19. The quantitative estimate of drug-likeness (QED) is 0.183. The average molecular weight is 441 g/mol. The van der Waals surface area contributed by atoms with Gasteiger partial charge < -0.3 is 14.5 Å². The van der Waals surface area contributed by atoms with Crippen LogP contribution in [0, 0.1) is 0 Å². The summed E-state index contributed by atoms with van der Waals surface area (Å²) < 4.78 is 11.2. The molecule has 3 aromatic rings. The number of unbranched alkanes of at least 4 members (excludes halogenated alkanes) is 3. The number of carbonyl (C=O) groups excluding carboxylic acids is 1. The Kier molecular flexibility index (Phi) is 8.78. The number of hydrogen-bond donors (Lipinski definition) is 2. The van der Waals surface area contributed by atoms with Crippen molar-refractivity contribution < 1.29 is 14.3 Å². The molecular weight excluding hydrogens is 412 g/mol. The van der Waals surface area contributed by atoms with Crippen molar-refractivity contribution in [2.45, 2.75) is 37.8 Å². The number of amides is 1. The summed E-state index contributed by atoms with van der Waals surface area (Å²) in [4.78, 5) is 19.7. The van der Waals surface area contributed by atoms with Gasteiger partial charge in [0.15, 0.2) is 16.7 Å². The summed E-state index contributed by atoms with van der Waals surface area (Å²) in [5.74, 6) is 1.36. The lowest BCUT2D eigenvalue weighted by molar-refractivity contribution is -0.118. The number of aromatic nitrogens is 2. The van der Waals surface area contributed by atoms with Crippen molar-refractivity contribution in [2.75, 3.05) is 19.5 Å². The molecule has 0 radical (unpaired) electrons. The first kappa shape index (κ1) is 22.7. The number of hydrazone groups is 1. The number of rotatable bonds is 12. The van der Waals surface area contributed by atoms with E-state index in [9.17, 15) is 4.79 Å². The molecule has 0 unspecified atom stereocenters. The van der Waals surface area contributed by atoms with Crippen LogP contribution in [0.5, 0.6) is 11.5 Å². The van der Waals surface area contributed by atoms with Crippen molar-refractivity contribution >= 4 is 34.9 Å². The highest BCUT2D eigenvalue weighted by atomic mass is 32.2. The van der Waals surface area contributed by atoms with Crippen LogP contribution in [0.25, 0.3) is 11.0 Å². The van der Waals surface area contributed by atoms with Crippen LogP contribution >= 0.6 is 11.8 Å². The molecule has 0 aliphatic rings. The van der Waals surface area contributed by atoms with Gasteiger partial charge in [0.1, 0.15) is 0 Å². The third kappa shape index (κ3) is 7.03. The maximum absolute atomic E-state index is 12.1. The molecule has 31 heavy (non-hydrogen) atoms. The Morgan fingerprint density at radius 3 is 2.87 bits per heavy atom. The fraction of sp³-hybridized carbons (Fsp3) is 0.348. The normalized spacial score (nSPS) is 11.2. The molecule has 0 fully saturated rings. The third-order valence-corrected chi connectivity index (χ3v) is 5.43. The summed E-state index contributed by atoms with van der Waals surface area (Å²) in [6.45, 7) is 2.86. The fourth-order valence-electron chi connectivity index (χ4n) is 2.94. The second-order valence-corrected chi connectivity index (χ2v) is 7.92. The highest BCUT2D eigenvalue weighted by molar-refractivity contribution is 7.99. The summed E-state index contributed by atoms with van der Waals surface area (Å²) in [6, 6.07) is 13.3. The number of imidazole rings is 1. The molecule has 2 aromatic carbocycles. The van der Waals surface area contributed by atoms with Crippen molar-refractivity contribution in [2.24, 2.45) is 5.10 Å². The van der Waals surface area contributed by atoms with E-state index >= 15 is 0 Å². The Morgan fingerprint density at radius 1 is 1.19 bits per heavy atom. The largest absolute Gasteiger partial charge is 0.493 e. The number of thioether (sulfide) groups is 1.